The largest absolute Gasteiger partial charge is 0.370 e. The van der Waals surface area contributed by atoms with Gasteiger partial charge < -0.3 is 5.32 Å². The summed E-state index contributed by atoms with van der Waals surface area (Å²) in [7, 11) is 0. The first-order chi connectivity index (χ1) is 6.64. The van der Waals surface area contributed by atoms with Crippen molar-refractivity contribution in [2.24, 2.45) is 0 Å². The van der Waals surface area contributed by atoms with Crippen LogP contribution in [-0.4, -0.2) is 16.5 Å². The number of rotatable bonds is 3. The quantitative estimate of drug-likeness (QED) is 0.796. The molecule has 14 heavy (non-hydrogen) atoms. The fraction of sp³-hybridized carbons (Fsp3) is 0.636. The number of aryl methyl sites for hydroxylation is 1. The number of hydrogen-bond donors (Lipinski definition) is 1. The minimum atomic E-state index is 0.260. The van der Waals surface area contributed by atoms with Gasteiger partial charge in [0.25, 0.3) is 0 Å². The SMILES string of the molecule is CCNc1cc(C)nc(C2(C)CC2)n1. The molecule has 1 aromatic rings. The van der Waals surface area contributed by atoms with Crippen molar-refractivity contribution in [2.75, 3.05) is 11.9 Å². The van der Waals surface area contributed by atoms with Gasteiger partial charge in [0.2, 0.25) is 0 Å². The molecule has 0 spiro atoms. The lowest BCUT2D eigenvalue weighted by Gasteiger charge is -2.10. The van der Waals surface area contributed by atoms with Crippen LogP contribution in [0.5, 0.6) is 0 Å². The molecule has 0 aliphatic heterocycles. The predicted molar refractivity (Wildman–Crippen MR) is 57.5 cm³/mol. The third-order valence-electron chi connectivity index (χ3n) is 2.75. The number of aromatic nitrogens is 2. The van der Waals surface area contributed by atoms with Gasteiger partial charge in [0.05, 0.1) is 0 Å². The van der Waals surface area contributed by atoms with Gasteiger partial charge in [-0.3, -0.25) is 0 Å². The van der Waals surface area contributed by atoms with Crippen LogP contribution in [0.15, 0.2) is 6.07 Å². The fourth-order valence-electron chi connectivity index (χ4n) is 1.52. The maximum absolute atomic E-state index is 4.53. The Balaban J connectivity index is 2.32. The summed E-state index contributed by atoms with van der Waals surface area (Å²) in [6.45, 7) is 7.25. The van der Waals surface area contributed by atoms with Crippen molar-refractivity contribution in [3.05, 3.63) is 17.6 Å². The molecule has 0 aromatic carbocycles. The molecule has 3 heteroatoms. The Morgan fingerprint density at radius 1 is 1.43 bits per heavy atom. The van der Waals surface area contributed by atoms with Crippen LogP contribution in [0.3, 0.4) is 0 Å². The second-order valence-corrected chi connectivity index (χ2v) is 4.31. The molecule has 3 nitrogen and oxygen atoms in total. The van der Waals surface area contributed by atoms with Gasteiger partial charge in [0.15, 0.2) is 0 Å². The number of nitrogens with one attached hydrogen (secondary N) is 1. The highest BCUT2D eigenvalue weighted by Crippen LogP contribution is 2.46. The molecule has 1 heterocycles. The molecule has 0 bridgehead atoms. The van der Waals surface area contributed by atoms with Gasteiger partial charge >= 0.3 is 0 Å². The zero-order valence-electron chi connectivity index (χ0n) is 9.09. The lowest BCUT2D eigenvalue weighted by molar-refractivity contribution is 0.704. The van der Waals surface area contributed by atoms with Crippen LogP contribution < -0.4 is 5.32 Å². The van der Waals surface area contributed by atoms with E-state index in [4.69, 9.17) is 0 Å². The molecular weight excluding hydrogens is 174 g/mol. The molecule has 1 saturated carbocycles. The summed E-state index contributed by atoms with van der Waals surface area (Å²) in [6, 6.07) is 2.00. The molecule has 1 fully saturated rings. The summed E-state index contributed by atoms with van der Waals surface area (Å²) < 4.78 is 0. The summed E-state index contributed by atoms with van der Waals surface area (Å²) in [5, 5.41) is 3.24. The van der Waals surface area contributed by atoms with Crippen molar-refractivity contribution in [2.45, 2.75) is 39.0 Å². The van der Waals surface area contributed by atoms with Crippen molar-refractivity contribution < 1.29 is 0 Å². The monoisotopic (exact) mass is 191 g/mol. The van der Waals surface area contributed by atoms with E-state index in [1.165, 1.54) is 12.8 Å². The van der Waals surface area contributed by atoms with E-state index in [0.717, 1.165) is 23.9 Å². The number of anilines is 1. The first-order valence-corrected chi connectivity index (χ1v) is 5.24. The van der Waals surface area contributed by atoms with Gasteiger partial charge in [-0.25, -0.2) is 9.97 Å². The molecule has 0 saturated heterocycles. The molecule has 1 aliphatic carbocycles. The third-order valence-corrected chi connectivity index (χ3v) is 2.75. The van der Waals surface area contributed by atoms with E-state index in [1.54, 1.807) is 0 Å². The third kappa shape index (κ3) is 1.72. The van der Waals surface area contributed by atoms with Gasteiger partial charge in [-0.1, -0.05) is 6.92 Å². The van der Waals surface area contributed by atoms with E-state index in [1.807, 2.05) is 13.0 Å². The maximum Gasteiger partial charge on any atom is 0.136 e. The first kappa shape index (κ1) is 9.44. The van der Waals surface area contributed by atoms with Crippen LogP contribution in [0.1, 0.15) is 38.2 Å². The molecule has 0 radical (unpaired) electrons. The van der Waals surface area contributed by atoms with E-state index in [2.05, 4.69) is 29.1 Å². The molecule has 0 atom stereocenters. The number of hydrogen-bond acceptors (Lipinski definition) is 3. The fourth-order valence-corrected chi connectivity index (χ4v) is 1.52. The zero-order valence-corrected chi connectivity index (χ0v) is 9.09. The van der Waals surface area contributed by atoms with Gasteiger partial charge in [0, 0.05) is 23.7 Å². The van der Waals surface area contributed by atoms with E-state index in [0.29, 0.717) is 0 Å². The van der Waals surface area contributed by atoms with Gasteiger partial charge in [-0.2, -0.15) is 0 Å². The molecule has 1 aliphatic rings. The van der Waals surface area contributed by atoms with Crippen molar-refractivity contribution in [1.82, 2.24) is 9.97 Å². The second kappa shape index (κ2) is 3.23. The molecular formula is C11H17N3. The van der Waals surface area contributed by atoms with Crippen LogP contribution in [0.4, 0.5) is 5.82 Å². The van der Waals surface area contributed by atoms with E-state index < -0.39 is 0 Å². The van der Waals surface area contributed by atoms with Crippen LogP contribution in [0.25, 0.3) is 0 Å². The molecule has 0 unspecified atom stereocenters. The van der Waals surface area contributed by atoms with Crippen LogP contribution in [0, 0.1) is 6.92 Å². The van der Waals surface area contributed by atoms with E-state index in [-0.39, 0.29) is 5.41 Å². The van der Waals surface area contributed by atoms with Crippen molar-refractivity contribution in [1.29, 1.82) is 0 Å². The average molecular weight is 191 g/mol. The molecule has 0 amide bonds. The second-order valence-electron chi connectivity index (χ2n) is 4.31. The van der Waals surface area contributed by atoms with Crippen LogP contribution >= 0.6 is 0 Å². The Hall–Kier alpha value is -1.12. The Morgan fingerprint density at radius 3 is 2.71 bits per heavy atom. The van der Waals surface area contributed by atoms with Crippen LogP contribution in [-0.2, 0) is 5.41 Å². The summed E-state index contributed by atoms with van der Waals surface area (Å²) in [5.74, 6) is 1.97. The lowest BCUT2D eigenvalue weighted by atomic mass is 10.1. The van der Waals surface area contributed by atoms with Crippen molar-refractivity contribution >= 4 is 5.82 Å². The maximum atomic E-state index is 4.53. The minimum Gasteiger partial charge on any atom is -0.370 e. The summed E-state index contributed by atoms with van der Waals surface area (Å²) >= 11 is 0. The Kier molecular flexibility index (Phi) is 2.17. The van der Waals surface area contributed by atoms with Gasteiger partial charge in [-0.15, -0.1) is 0 Å². The van der Waals surface area contributed by atoms with E-state index in [9.17, 15) is 0 Å². The smallest absolute Gasteiger partial charge is 0.136 e. The minimum absolute atomic E-state index is 0.260. The highest BCUT2D eigenvalue weighted by Gasteiger charge is 2.42. The summed E-state index contributed by atoms with van der Waals surface area (Å²) in [4.78, 5) is 9.03. The summed E-state index contributed by atoms with van der Waals surface area (Å²) in [6.07, 6.45) is 2.45. The molecule has 76 valence electrons. The van der Waals surface area contributed by atoms with Gasteiger partial charge in [0.1, 0.15) is 11.6 Å². The van der Waals surface area contributed by atoms with Gasteiger partial charge in [-0.05, 0) is 26.7 Å². The Morgan fingerprint density at radius 2 is 2.14 bits per heavy atom. The number of nitrogens with zero attached hydrogens (tertiary/aromatic N) is 2. The highest BCUT2D eigenvalue weighted by atomic mass is 15.0. The summed E-state index contributed by atoms with van der Waals surface area (Å²) in [5.41, 5.74) is 1.31. The van der Waals surface area contributed by atoms with Crippen molar-refractivity contribution in [3.63, 3.8) is 0 Å². The lowest BCUT2D eigenvalue weighted by Crippen LogP contribution is -2.10. The molecule has 2 rings (SSSR count). The molecule has 1 aromatic heterocycles. The highest BCUT2D eigenvalue weighted by molar-refractivity contribution is 5.37. The topological polar surface area (TPSA) is 37.8 Å². The van der Waals surface area contributed by atoms with E-state index >= 15 is 0 Å². The zero-order chi connectivity index (χ0) is 10.2. The predicted octanol–water partition coefficient (Wildman–Crippen LogP) is 2.27. The standard InChI is InChI=1S/C11H17N3/c1-4-12-9-7-8(2)13-10(14-9)11(3)5-6-11/h7H,4-6H2,1-3H3,(H,12,13,14). The normalized spacial score (nSPS) is 17.9. The molecule has 1 N–H and O–H groups in total. The Labute approximate surface area is 85.0 Å². The van der Waals surface area contributed by atoms with Crippen LogP contribution in [0.2, 0.25) is 0 Å². The average Bonchev–Trinajstić information content (AvgIpc) is 2.85. The van der Waals surface area contributed by atoms with Crippen molar-refractivity contribution in [3.8, 4) is 0 Å². The Bertz CT molecular complexity index is 342. The first-order valence-electron chi connectivity index (χ1n) is 5.24.